The van der Waals surface area contributed by atoms with Crippen molar-refractivity contribution in [1.82, 2.24) is 15.2 Å². The summed E-state index contributed by atoms with van der Waals surface area (Å²) < 4.78 is 0. The number of hydrogen-bond donors (Lipinski definition) is 1. The lowest BCUT2D eigenvalue weighted by Gasteiger charge is -2.29. The highest BCUT2D eigenvalue weighted by molar-refractivity contribution is 5.84. The molecule has 3 heteroatoms. The van der Waals surface area contributed by atoms with E-state index in [9.17, 15) is 0 Å². The molecule has 1 aliphatic heterocycles. The largest absolute Gasteiger partial charge is 0.310 e. The number of aryl methyl sites for hydroxylation is 1. The van der Waals surface area contributed by atoms with Crippen molar-refractivity contribution in [3.8, 4) is 0 Å². The van der Waals surface area contributed by atoms with Gasteiger partial charge in [-0.2, -0.15) is 0 Å². The summed E-state index contributed by atoms with van der Waals surface area (Å²) in [5.74, 6) is 0. The summed E-state index contributed by atoms with van der Waals surface area (Å²) in [6.45, 7) is 13.0. The number of likely N-dealkylation sites (N-methyl/N-ethyl adjacent to an activating group) is 1. The Hall–Kier alpha value is -1.45. The normalized spacial score (nSPS) is 15.5. The maximum atomic E-state index is 4.96. The molecule has 0 saturated heterocycles. The second-order valence-electron chi connectivity index (χ2n) is 6.69. The van der Waals surface area contributed by atoms with E-state index in [0.717, 1.165) is 38.1 Å². The molecule has 0 amide bonds. The highest BCUT2D eigenvalue weighted by Crippen LogP contribution is 2.28. The monoisotopic (exact) mass is 297 g/mol. The third kappa shape index (κ3) is 3.01. The number of nitrogens with one attached hydrogen (secondary N) is 1. The van der Waals surface area contributed by atoms with Gasteiger partial charge in [0.15, 0.2) is 0 Å². The molecule has 0 atom stereocenters. The van der Waals surface area contributed by atoms with Gasteiger partial charge in [-0.1, -0.05) is 32.4 Å². The Morgan fingerprint density at radius 3 is 2.86 bits per heavy atom. The molecule has 1 aliphatic rings. The Morgan fingerprint density at radius 2 is 2.14 bits per heavy atom. The minimum Gasteiger partial charge on any atom is -0.310 e. The highest BCUT2D eigenvalue weighted by Gasteiger charge is 2.21. The van der Waals surface area contributed by atoms with E-state index in [1.165, 1.54) is 27.8 Å². The first-order valence-electron chi connectivity index (χ1n) is 8.45. The first-order valence-corrected chi connectivity index (χ1v) is 8.45. The van der Waals surface area contributed by atoms with Crippen LogP contribution in [0.3, 0.4) is 0 Å². The molecule has 1 aromatic heterocycles. The summed E-state index contributed by atoms with van der Waals surface area (Å²) in [6, 6.07) is 7.14. The molecular formula is C19H27N3. The zero-order valence-corrected chi connectivity index (χ0v) is 14.2. The molecular weight excluding hydrogens is 270 g/mol. The molecule has 0 fully saturated rings. The van der Waals surface area contributed by atoms with E-state index in [1.54, 1.807) is 0 Å². The van der Waals surface area contributed by atoms with E-state index < -0.39 is 0 Å². The van der Waals surface area contributed by atoms with Crippen LogP contribution in [-0.4, -0.2) is 29.0 Å². The molecule has 3 rings (SSSR count). The Labute approximate surface area is 133 Å². The van der Waals surface area contributed by atoms with Gasteiger partial charge in [0, 0.05) is 43.2 Å². The molecule has 0 saturated carbocycles. The minimum atomic E-state index is 0.495. The molecule has 0 bridgehead atoms. The van der Waals surface area contributed by atoms with E-state index >= 15 is 0 Å². The van der Waals surface area contributed by atoms with Crippen LogP contribution in [0.4, 0.5) is 0 Å². The number of rotatable bonds is 4. The lowest BCUT2D eigenvalue weighted by Crippen LogP contribution is -2.33. The zero-order valence-electron chi connectivity index (χ0n) is 14.2. The molecule has 3 nitrogen and oxygen atoms in total. The van der Waals surface area contributed by atoms with E-state index in [1.807, 2.05) is 0 Å². The van der Waals surface area contributed by atoms with Crippen LogP contribution in [0.2, 0.25) is 0 Å². The zero-order chi connectivity index (χ0) is 15.7. The van der Waals surface area contributed by atoms with Crippen LogP contribution in [0.25, 0.3) is 10.9 Å². The third-order valence-corrected chi connectivity index (χ3v) is 4.63. The van der Waals surface area contributed by atoms with Crippen LogP contribution < -0.4 is 5.32 Å². The second-order valence-corrected chi connectivity index (χ2v) is 6.69. The Balaban J connectivity index is 2.13. The van der Waals surface area contributed by atoms with Crippen LogP contribution in [0.5, 0.6) is 0 Å². The van der Waals surface area contributed by atoms with Gasteiger partial charge in [-0.15, -0.1) is 0 Å². The van der Waals surface area contributed by atoms with Crippen molar-refractivity contribution in [1.29, 1.82) is 0 Å². The van der Waals surface area contributed by atoms with Crippen LogP contribution in [0.15, 0.2) is 18.2 Å². The van der Waals surface area contributed by atoms with Crippen molar-refractivity contribution in [2.45, 2.75) is 53.2 Å². The number of benzene rings is 1. The lowest BCUT2D eigenvalue weighted by atomic mass is 9.95. The predicted octanol–water partition coefficient (Wildman–Crippen LogP) is 3.42. The number of pyridine rings is 1. The standard InChI is InChI=1S/C19H27N3/c1-5-22-9-8-19-17(12-22)16(11-20-13(2)3)15-10-14(4)6-7-18(15)21-19/h6-7,10,13,20H,5,8-9,11-12H2,1-4H3. The van der Waals surface area contributed by atoms with E-state index in [0.29, 0.717) is 6.04 Å². The fourth-order valence-corrected chi connectivity index (χ4v) is 3.28. The van der Waals surface area contributed by atoms with Gasteiger partial charge in [-0.05, 0) is 36.7 Å². The minimum absolute atomic E-state index is 0.495. The van der Waals surface area contributed by atoms with Gasteiger partial charge >= 0.3 is 0 Å². The van der Waals surface area contributed by atoms with Crippen molar-refractivity contribution in [3.05, 3.63) is 40.6 Å². The van der Waals surface area contributed by atoms with Crippen molar-refractivity contribution < 1.29 is 0 Å². The fourth-order valence-electron chi connectivity index (χ4n) is 3.28. The summed E-state index contributed by atoms with van der Waals surface area (Å²) in [5.41, 5.74) is 6.68. The summed E-state index contributed by atoms with van der Waals surface area (Å²) in [7, 11) is 0. The van der Waals surface area contributed by atoms with Gasteiger partial charge in [-0.3, -0.25) is 9.88 Å². The molecule has 1 N–H and O–H groups in total. The Bertz CT molecular complexity index is 676. The third-order valence-electron chi connectivity index (χ3n) is 4.63. The molecule has 0 spiro atoms. The molecule has 2 aromatic rings. The molecule has 2 heterocycles. The average Bonchev–Trinajstić information content (AvgIpc) is 2.51. The Kier molecular flexibility index (Phi) is 4.46. The Morgan fingerprint density at radius 1 is 1.32 bits per heavy atom. The molecule has 22 heavy (non-hydrogen) atoms. The molecule has 0 radical (unpaired) electrons. The lowest BCUT2D eigenvalue weighted by molar-refractivity contribution is 0.265. The predicted molar refractivity (Wildman–Crippen MR) is 93.1 cm³/mol. The maximum Gasteiger partial charge on any atom is 0.0708 e. The van der Waals surface area contributed by atoms with Crippen molar-refractivity contribution in [3.63, 3.8) is 0 Å². The van der Waals surface area contributed by atoms with Gasteiger partial charge < -0.3 is 5.32 Å². The second kappa shape index (κ2) is 6.35. The smallest absolute Gasteiger partial charge is 0.0708 e. The van der Waals surface area contributed by atoms with Crippen molar-refractivity contribution in [2.75, 3.05) is 13.1 Å². The van der Waals surface area contributed by atoms with E-state index in [-0.39, 0.29) is 0 Å². The van der Waals surface area contributed by atoms with Crippen LogP contribution in [0.1, 0.15) is 43.2 Å². The van der Waals surface area contributed by atoms with Crippen LogP contribution in [-0.2, 0) is 19.5 Å². The average molecular weight is 297 g/mol. The SMILES string of the molecule is CCN1CCc2nc3ccc(C)cc3c(CNC(C)C)c2C1. The van der Waals surface area contributed by atoms with Gasteiger partial charge in [0.1, 0.15) is 0 Å². The molecule has 0 unspecified atom stereocenters. The molecule has 1 aromatic carbocycles. The van der Waals surface area contributed by atoms with Crippen LogP contribution in [0, 0.1) is 6.92 Å². The van der Waals surface area contributed by atoms with Gasteiger partial charge in [0.2, 0.25) is 0 Å². The first-order chi connectivity index (χ1) is 10.6. The fraction of sp³-hybridized carbons (Fsp3) is 0.526. The molecule has 118 valence electrons. The van der Waals surface area contributed by atoms with Gasteiger partial charge in [-0.25, -0.2) is 0 Å². The summed E-state index contributed by atoms with van der Waals surface area (Å²) >= 11 is 0. The number of fused-ring (bicyclic) bond motifs is 2. The van der Waals surface area contributed by atoms with Crippen molar-refractivity contribution >= 4 is 10.9 Å². The highest BCUT2D eigenvalue weighted by atomic mass is 15.1. The van der Waals surface area contributed by atoms with E-state index in [4.69, 9.17) is 4.98 Å². The summed E-state index contributed by atoms with van der Waals surface area (Å²) in [5, 5.41) is 4.93. The first kappa shape index (κ1) is 15.4. The summed E-state index contributed by atoms with van der Waals surface area (Å²) in [6.07, 6.45) is 1.07. The number of aromatic nitrogens is 1. The quantitative estimate of drug-likeness (QED) is 0.937. The van der Waals surface area contributed by atoms with Crippen LogP contribution >= 0.6 is 0 Å². The van der Waals surface area contributed by atoms with E-state index in [2.05, 4.69) is 56.1 Å². The maximum absolute atomic E-state index is 4.96. The van der Waals surface area contributed by atoms with Crippen molar-refractivity contribution in [2.24, 2.45) is 0 Å². The molecule has 0 aliphatic carbocycles. The van der Waals surface area contributed by atoms with Gasteiger partial charge in [0.25, 0.3) is 0 Å². The summed E-state index contributed by atoms with van der Waals surface area (Å²) in [4.78, 5) is 7.48. The number of nitrogens with zero attached hydrogens (tertiary/aromatic N) is 2. The van der Waals surface area contributed by atoms with Gasteiger partial charge in [0.05, 0.1) is 5.52 Å². The topological polar surface area (TPSA) is 28.2 Å². The number of hydrogen-bond acceptors (Lipinski definition) is 3.